The molecule has 1 N–H and O–H groups in total. The van der Waals surface area contributed by atoms with Crippen LogP contribution in [0.1, 0.15) is 11.1 Å². The smallest absolute Gasteiger partial charge is 0.262 e. The van der Waals surface area contributed by atoms with Crippen molar-refractivity contribution in [2.45, 2.75) is 12.1 Å². The number of H-pyrrole nitrogens is 1. The van der Waals surface area contributed by atoms with Gasteiger partial charge < -0.3 is 4.98 Å². The number of hydrogen-bond acceptors (Lipinski definition) is 4. The predicted molar refractivity (Wildman–Crippen MR) is 110 cm³/mol. The summed E-state index contributed by atoms with van der Waals surface area (Å²) in [5, 5.41) is 5.45. The van der Waals surface area contributed by atoms with Crippen LogP contribution in [-0.4, -0.2) is 25.5 Å². The fraction of sp³-hybridized carbons (Fsp3) is 0.0952. The second kappa shape index (κ2) is 7.63. The van der Waals surface area contributed by atoms with Crippen molar-refractivity contribution in [3.05, 3.63) is 88.4 Å². The molecular formula is C21H18N4OS. The van der Waals surface area contributed by atoms with Crippen LogP contribution in [0.3, 0.4) is 0 Å². The Kier molecular flexibility index (Phi) is 4.89. The maximum absolute atomic E-state index is 12.4. The number of aromatic amines is 1. The first-order chi connectivity index (χ1) is 13.2. The Bertz CT molecular complexity index is 1160. The lowest BCUT2D eigenvalue weighted by Crippen LogP contribution is -2.10. The Hall–Kier alpha value is -3.12. The molecule has 0 aliphatic heterocycles. The van der Waals surface area contributed by atoms with Gasteiger partial charge in [-0.05, 0) is 24.1 Å². The first kappa shape index (κ1) is 17.3. The van der Waals surface area contributed by atoms with Crippen molar-refractivity contribution < 1.29 is 0 Å². The fourth-order valence-corrected chi connectivity index (χ4v) is 3.49. The molecule has 6 heteroatoms. The number of rotatable bonds is 5. The molecule has 0 aliphatic rings. The molecule has 0 aliphatic carbocycles. The van der Waals surface area contributed by atoms with E-state index in [9.17, 15) is 4.79 Å². The highest BCUT2D eigenvalue weighted by atomic mass is 32.2. The molecule has 27 heavy (non-hydrogen) atoms. The first-order valence-corrected chi connectivity index (χ1v) is 9.59. The van der Waals surface area contributed by atoms with Gasteiger partial charge in [0.25, 0.3) is 5.56 Å². The summed E-state index contributed by atoms with van der Waals surface area (Å²) in [5.74, 6) is 0.710. The highest BCUT2D eigenvalue weighted by Crippen LogP contribution is 2.20. The summed E-state index contributed by atoms with van der Waals surface area (Å²) >= 11 is 1.49. The minimum absolute atomic E-state index is 0.172. The molecular weight excluding hydrogens is 356 g/mol. The Balaban J connectivity index is 1.61. The molecule has 0 bridgehead atoms. The molecule has 2 aromatic heterocycles. The van der Waals surface area contributed by atoms with Crippen LogP contribution in [0.25, 0.3) is 22.8 Å². The Labute approximate surface area is 160 Å². The molecule has 2 aromatic carbocycles. The van der Waals surface area contributed by atoms with Crippen molar-refractivity contribution in [1.29, 1.82) is 0 Å². The van der Waals surface area contributed by atoms with Crippen LogP contribution < -0.4 is 5.56 Å². The average molecular weight is 374 g/mol. The molecule has 0 radical (unpaired) electrons. The van der Waals surface area contributed by atoms with E-state index >= 15 is 0 Å². The van der Waals surface area contributed by atoms with Crippen LogP contribution >= 0.6 is 11.8 Å². The normalized spacial score (nSPS) is 11.4. The maximum Gasteiger partial charge on any atom is 0.262 e. The van der Waals surface area contributed by atoms with Gasteiger partial charge in [0.05, 0.1) is 11.9 Å². The van der Waals surface area contributed by atoms with E-state index in [1.807, 2.05) is 61.5 Å². The number of aromatic nitrogens is 4. The van der Waals surface area contributed by atoms with E-state index in [1.54, 1.807) is 10.9 Å². The third-order valence-corrected chi connectivity index (χ3v) is 5.01. The summed E-state index contributed by atoms with van der Waals surface area (Å²) in [6.45, 7) is 2.01. The molecule has 0 saturated carbocycles. The number of aryl methyl sites for hydroxylation is 1. The third kappa shape index (κ3) is 3.71. The number of para-hydroxylation sites is 1. The van der Waals surface area contributed by atoms with E-state index in [0.717, 1.165) is 16.8 Å². The minimum atomic E-state index is -0.172. The number of benzene rings is 2. The van der Waals surface area contributed by atoms with Crippen molar-refractivity contribution in [2.75, 3.05) is 5.75 Å². The van der Waals surface area contributed by atoms with Crippen LogP contribution in [0.5, 0.6) is 0 Å². The van der Waals surface area contributed by atoms with E-state index in [4.69, 9.17) is 0 Å². The summed E-state index contributed by atoms with van der Waals surface area (Å²) in [4.78, 5) is 19.9. The SMILES string of the molecule is Cc1ccccc1-n1ncc2c(=O)[nH]c(SC/C=C/c3ccccc3)nc21. The highest BCUT2D eigenvalue weighted by Gasteiger charge is 2.12. The Morgan fingerprint density at radius 2 is 1.89 bits per heavy atom. The van der Waals surface area contributed by atoms with Gasteiger partial charge >= 0.3 is 0 Å². The molecule has 0 amide bonds. The molecule has 0 unspecified atom stereocenters. The van der Waals surface area contributed by atoms with Crippen LogP contribution in [0.2, 0.25) is 0 Å². The largest absolute Gasteiger partial charge is 0.301 e. The summed E-state index contributed by atoms with van der Waals surface area (Å²) in [5.41, 5.74) is 3.54. The molecule has 4 rings (SSSR count). The zero-order chi connectivity index (χ0) is 18.6. The van der Waals surface area contributed by atoms with E-state index in [-0.39, 0.29) is 5.56 Å². The fourth-order valence-electron chi connectivity index (χ4n) is 2.82. The molecule has 4 aromatic rings. The summed E-state index contributed by atoms with van der Waals surface area (Å²) in [6, 6.07) is 18.0. The molecule has 5 nitrogen and oxygen atoms in total. The molecule has 0 spiro atoms. The molecule has 0 atom stereocenters. The van der Waals surface area contributed by atoms with Gasteiger partial charge in [-0.1, -0.05) is 72.4 Å². The summed E-state index contributed by atoms with van der Waals surface area (Å²) < 4.78 is 1.73. The van der Waals surface area contributed by atoms with Crippen LogP contribution in [0.4, 0.5) is 0 Å². The van der Waals surface area contributed by atoms with Crippen molar-refractivity contribution in [2.24, 2.45) is 0 Å². The van der Waals surface area contributed by atoms with Crippen molar-refractivity contribution in [1.82, 2.24) is 19.7 Å². The quantitative estimate of drug-likeness (QED) is 0.420. The van der Waals surface area contributed by atoms with E-state index in [1.165, 1.54) is 11.8 Å². The number of nitrogens with one attached hydrogen (secondary N) is 1. The van der Waals surface area contributed by atoms with Crippen molar-refractivity contribution in [3.8, 4) is 5.69 Å². The van der Waals surface area contributed by atoms with Gasteiger partial charge in [0.1, 0.15) is 5.39 Å². The number of hydrogen-bond donors (Lipinski definition) is 1. The highest BCUT2D eigenvalue weighted by molar-refractivity contribution is 7.99. The van der Waals surface area contributed by atoms with Crippen LogP contribution in [-0.2, 0) is 0 Å². The van der Waals surface area contributed by atoms with Gasteiger partial charge in [-0.3, -0.25) is 4.79 Å². The van der Waals surface area contributed by atoms with Crippen LogP contribution in [0, 0.1) is 6.92 Å². The Morgan fingerprint density at radius 1 is 1.11 bits per heavy atom. The lowest BCUT2D eigenvalue weighted by Gasteiger charge is -2.06. The topological polar surface area (TPSA) is 63.6 Å². The molecule has 0 fully saturated rings. The van der Waals surface area contributed by atoms with Gasteiger partial charge in [-0.25, -0.2) is 9.67 Å². The van der Waals surface area contributed by atoms with Gasteiger partial charge in [-0.15, -0.1) is 0 Å². The van der Waals surface area contributed by atoms with Crippen LogP contribution in [0.15, 0.2) is 76.8 Å². The first-order valence-electron chi connectivity index (χ1n) is 8.61. The monoisotopic (exact) mass is 374 g/mol. The number of thioether (sulfide) groups is 1. The van der Waals surface area contributed by atoms with Gasteiger partial charge in [0, 0.05) is 5.75 Å². The lowest BCUT2D eigenvalue weighted by molar-refractivity contribution is 0.867. The second-order valence-electron chi connectivity index (χ2n) is 6.08. The van der Waals surface area contributed by atoms with Crippen molar-refractivity contribution >= 4 is 28.9 Å². The summed E-state index contributed by atoms with van der Waals surface area (Å²) in [6.07, 6.45) is 5.68. The minimum Gasteiger partial charge on any atom is -0.301 e. The van der Waals surface area contributed by atoms with Gasteiger partial charge in [0.2, 0.25) is 0 Å². The average Bonchev–Trinajstić information content (AvgIpc) is 3.11. The van der Waals surface area contributed by atoms with E-state index in [2.05, 4.69) is 27.2 Å². The second-order valence-corrected chi connectivity index (χ2v) is 7.08. The zero-order valence-corrected chi connectivity index (χ0v) is 15.6. The number of fused-ring (bicyclic) bond motifs is 1. The summed E-state index contributed by atoms with van der Waals surface area (Å²) in [7, 11) is 0. The lowest BCUT2D eigenvalue weighted by atomic mass is 10.2. The molecule has 134 valence electrons. The molecule has 2 heterocycles. The standard InChI is InChI=1S/C21H18N4OS/c1-15-8-5-6-12-18(15)25-19-17(14-22-25)20(26)24-21(23-19)27-13-7-11-16-9-3-2-4-10-16/h2-12,14H,13H2,1H3,(H,23,24,26)/b11-7+. The van der Waals surface area contributed by atoms with E-state index in [0.29, 0.717) is 21.9 Å². The van der Waals surface area contributed by atoms with E-state index < -0.39 is 0 Å². The number of nitrogens with zero attached hydrogens (tertiary/aromatic N) is 3. The third-order valence-electron chi connectivity index (χ3n) is 4.19. The predicted octanol–water partition coefficient (Wildman–Crippen LogP) is 4.22. The van der Waals surface area contributed by atoms with Gasteiger partial charge in [0.15, 0.2) is 10.8 Å². The molecule has 0 saturated heterocycles. The van der Waals surface area contributed by atoms with Crippen molar-refractivity contribution in [3.63, 3.8) is 0 Å². The maximum atomic E-state index is 12.4. The van der Waals surface area contributed by atoms with Gasteiger partial charge in [-0.2, -0.15) is 5.10 Å². The zero-order valence-electron chi connectivity index (χ0n) is 14.8. The Morgan fingerprint density at radius 3 is 2.70 bits per heavy atom.